The highest BCUT2D eigenvalue weighted by Crippen LogP contribution is 2.19. The summed E-state index contributed by atoms with van der Waals surface area (Å²) in [6.45, 7) is 7.15. The Kier molecular flexibility index (Phi) is 7.17. The second kappa shape index (κ2) is 10.2. The molecule has 0 saturated carbocycles. The van der Waals surface area contributed by atoms with E-state index in [9.17, 15) is 0 Å². The predicted octanol–water partition coefficient (Wildman–Crippen LogP) is 2.78. The van der Waals surface area contributed by atoms with E-state index < -0.39 is 0 Å². The molecule has 0 radical (unpaired) electrons. The number of nitrogens with one attached hydrogen (secondary N) is 2. The number of benzene rings is 1. The van der Waals surface area contributed by atoms with Gasteiger partial charge < -0.3 is 19.6 Å². The molecule has 0 aliphatic rings. The number of guanidine groups is 1. The zero-order valence-corrected chi connectivity index (χ0v) is 16.4. The minimum atomic E-state index is 0.464. The average Bonchev–Trinajstić information content (AvgIpc) is 3.38. The van der Waals surface area contributed by atoms with Gasteiger partial charge in [-0.2, -0.15) is 0 Å². The second-order valence-corrected chi connectivity index (χ2v) is 6.54. The van der Waals surface area contributed by atoms with Gasteiger partial charge in [0.25, 0.3) is 0 Å². The summed E-state index contributed by atoms with van der Waals surface area (Å²) in [6.07, 6.45) is 7.22. The van der Waals surface area contributed by atoms with E-state index in [1.54, 1.807) is 18.9 Å². The lowest BCUT2D eigenvalue weighted by Gasteiger charge is -2.10. The molecule has 0 aliphatic carbocycles. The van der Waals surface area contributed by atoms with Crippen molar-refractivity contribution in [2.75, 3.05) is 13.1 Å². The largest absolute Gasteiger partial charge is 0.444 e. The first kappa shape index (κ1) is 19.6. The van der Waals surface area contributed by atoms with Gasteiger partial charge in [0.15, 0.2) is 5.96 Å². The fourth-order valence-electron chi connectivity index (χ4n) is 2.67. The molecule has 0 amide bonds. The zero-order chi connectivity index (χ0) is 19.6. The number of aryl methyl sites for hydroxylation is 2. The molecule has 8 nitrogen and oxygen atoms in total. The number of oxazole rings is 1. The fourth-order valence-corrected chi connectivity index (χ4v) is 2.67. The quantitative estimate of drug-likeness (QED) is 0.336. The maximum Gasteiger partial charge on any atom is 0.226 e. The normalized spacial score (nSPS) is 11.6. The van der Waals surface area contributed by atoms with Gasteiger partial charge in [-0.05, 0) is 38.8 Å². The molecule has 28 heavy (non-hydrogen) atoms. The maximum absolute atomic E-state index is 5.60. The third-order valence-electron chi connectivity index (χ3n) is 4.20. The lowest BCUT2D eigenvalue weighted by Crippen LogP contribution is -2.37. The van der Waals surface area contributed by atoms with Crippen LogP contribution in [-0.2, 0) is 13.1 Å². The molecule has 2 aromatic heterocycles. The van der Waals surface area contributed by atoms with E-state index in [2.05, 4.69) is 44.7 Å². The molecule has 0 spiro atoms. The Labute approximate surface area is 165 Å². The van der Waals surface area contributed by atoms with Gasteiger partial charge in [-0.3, -0.25) is 0 Å². The molecule has 148 valence electrons. The highest BCUT2D eigenvalue weighted by atomic mass is 16.3. The van der Waals surface area contributed by atoms with Crippen LogP contribution in [-0.4, -0.2) is 38.8 Å². The van der Waals surface area contributed by atoms with Gasteiger partial charge in [-0.1, -0.05) is 17.7 Å². The Morgan fingerprint density at radius 1 is 1.11 bits per heavy atom. The summed E-state index contributed by atoms with van der Waals surface area (Å²) < 4.78 is 7.58. The molecule has 2 heterocycles. The van der Waals surface area contributed by atoms with Crippen molar-refractivity contribution >= 4 is 5.96 Å². The molecule has 0 aliphatic heterocycles. The van der Waals surface area contributed by atoms with E-state index in [-0.39, 0.29) is 0 Å². The van der Waals surface area contributed by atoms with Crippen LogP contribution in [0.15, 0.2) is 52.6 Å². The molecule has 8 heteroatoms. The Hall–Kier alpha value is -3.16. The van der Waals surface area contributed by atoms with E-state index in [0.29, 0.717) is 12.4 Å². The molecule has 3 rings (SSSR count). The lowest BCUT2D eigenvalue weighted by atomic mass is 10.1. The van der Waals surface area contributed by atoms with Crippen LogP contribution in [0.1, 0.15) is 31.0 Å². The van der Waals surface area contributed by atoms with E-state index in [1.807, 2.05) is 28.8 Å². The van der Waals surface area contributed by atoms with Crippen molar-refractivity contribution in [1.82, 2.24) is 30.4 Å². The first-order valence-electron chi connectivity index (χ1n) is 9.60. The van der Waals surface area contributed by atoms with Gasteiger partial charge in [0.1, 0.15) is 24.6 Å². The van der Waals surface area contributed by atoms with Crippen LogP contribution in [0.2, 0.25) is 0 Å². The van der Waals surface area contributed by atoms with Gasteiger partial charge in [-0.15, -0.1) is 10.2 Å². The molecule has 0 bridgehead atoms. The van der Waals surface area contributed by atoms with Crippen LogP contribution in [0.5, 0.6) is 0 Å². The zero-order valence-electron chi connectivity index (χ0n) is 16.4. The number of unbranched alkanes of at least 4 members (excludes halogenated alkanes) is 1. The smallest absolute Gasteiger partial charge is 0.226 e. The number of hydrogen-bond donors (Lipinski definition) is 2. The van der Waals surface area contributed by atoms with Gasteiger partial charge >= 0.3 is 0 Å². The van der Waals surface area contributed by atoms with Crippen LogP contribution in [0.3, 0.4) is 0 Å². The Morgan fingerprint density at radius 2 is 1.89 bits per heavy atom. The maximum atomic E-state index is 5.60. The Morgan fingerprint density at radius 3 is 2.64 bits per heavy atom. The summed E-state index contributed by atoms with van der Waals surface area (Å²) in [6, 6.07) is 8.13. The molecule has 2 N–H and O–H groups in total. The topological polar surface area (TPSA) is 93.2 Å². The summed E-state index contributed by atoms with van der Waals surface area (Å²) in [5.74, 6) is 1.41. The van der Waals surface area contributed by atoms with Crippen molar-refractivity contribution in [2.45, 2.75) is 39.8 Å². The molecular weight excluding hydrogens is 354 g/mol. The van der Waals surface area contributed by atoms with Gasteiger partial charge in [-0.25, -0.2) is 9.98 Å². The summed E-state index contributed by atoms with van der Waals surface area (Å²) in [5.41, 5.74) is 2.99. The third kappa shape index (κ3) is 5.94. The standard InChI is InChI=1S/C20H27N7O/c1-3-21-20(22-10-4-5-11-27-14-24-25-15-27)23-12-18-13-28-19(26-18)17-8-6-16(2)7-9-17/h6-9,13-15H,3-5,10-12H2,1-2H3,(H2,21,22,23). The van der Waals surface area contributed by atoms with Gasteiger partial charge in [0.05, 0.1) is 6.54 Å². The number of aliphatic imine (C=N–C) groups is 1. The molecule has 0 unspecified atom stereocenters. The number of aromatic nitrogens is 4. The first-order chi connectivity index (χ1) is 13.7. The minimum absolute atomic E-state index is 0.464. The first-order valence-corrected chi connectivity index (χ1v) is 9.60. The molecule has 0 fully saturated rings. The van der Waals surface area contributed by atoms with E-state index in [0.717, 1.165) is 49.7 Å². The molecule has 1 aromatic carbocycles. The minimum Gasteiger partial charge on any atom is -0.444 e. The van der Waals surface area contributed by atoms with Crippen LogP contribution < -0.4 is 10.6 Å². The summed E-state index contributed by atoms with van der Waals surface area (Å²) in [7, 11) is 0. The third-order valence-corrected chi connectivity index (χ3v) is 4.20. The van der Waals surface area contributed by atoms with Crippen LogP contribution in [0, 0.1) is 6.92 Å². The summed E-state index contributed by atoms with van der Waals surface area (Å²) >= 11 is 0. The van der Waals surface area contributed by atoms with Crippen molar-refractivity contribution < 1.29 is 4.42 Å². The second-order valence-electron chi connectivity index (χ2n) is 6.54. The van der Waals surface area contributed by atoms with Crippen LogP contribution in [0.25, 0.3) is 11.5 Å². The molecule has 0 atom stereocenters. The molecular formula is C20H27N7O. The SMILES string of the molecule is CCNC(=NCc1coc(-c2ccc(C)cc2)n1)NCCCCn1cnnc1. The highest BCUT2D eigenvalue weighted by molar-refractivity contribution is 5.79. The van der Waals surface area contributed by atoms with Crippen LogP contribution >= 0.6 is 0 Å². The molecule has 0 saturated heterocycles. The molecule has 3 aromatic rings. The Balaban J connectivity index is 1.47. The van der Waals surface area contributed by atoms with Crippen molar-refractivity contribution in [1.29, 1.82) is 0 Å². The number of nitrogens with zero attached hydrogens (tertiary/aromatic N) is 5. The summed E-state index contributed by atoms with van der Waals surface area (Å²) in [4.78, 5) is 9.14. The van der Waals surface area contributed by atoms with Crippen molar-refractivity contribution in [3.63, 3.8) is 0 Å². The fraction of sp³-hybridized carbons (Fsp3) is 0.400. The van der Waals surface area contributed by atoms with Crippen molar-refractivity contribution in [3.8, 4) is 11.5 Å². The van der Waals surface area contributed by atoms with E-state index >= 15 is 0 Å². The lowest BCUT2D eigenvalue weighted by molar-refractivity contribution is 0.572. The predicted molar refractivity (Wildman–Crippen MR) is 109 cm³/mol. The number of hydrogen-bond acceptors (Lipinski definition) is 5. The van der Waals surface area contributed by atoms with Gasteiger partial charge in [0, 0.05) is 25.2 Å². The Bertz CT molecular complexity index is 853. The van der Waals surface area contributed by atoms with Crippen molar-refractivity contribution in [3.05, 3.63) is 54.4 Å². The number of rotatable bonds is 9. The average molecular weight is 381 g/mol. The van der Waals surface area contributed by atoms with E-state index in [1.165, 1.54) is 5.56 Å². The van der Waals surface area contributed by atoms with Crippen molar-refractivity contribution in [2.24, 2.45) is 4.99 Å². The van der Waals surface area contributed by atoms with Crippen LogP contribution in [0.4, 0.5) is 0 Å². The highest BCUT2D eigenvalue weighted by Gasteiger charge is 2.06. The summed E-state index contributed by atoms with van der Waals surface area (Å²) in [5, 5.41) is 14.2. The monoisotopic (exact) mass is 381 g/mol. The van der Waals surface area contributed by atoms with Gasteiger partial charge in [0.2, 0.25) is 5.89 Å². The van der Waals surface area contributed by atoms with E-state index in [4.69, 9.17) is 4.42 Å².